The molecule has 4 rings (SSSR count). The van der Waals surface area contributed by atoms with Gasteiger partial charge < -0.3 is 20.1 Å². The highest BCUT2D eigenvalue weighted by atomic mass is 32.1. The molecule has 35 heavy (non-hydrogen) atoms. The van der Waals surface area contributed by atoms with E-state index in [4.69, 9.17) is 9.47 Å². The van der Waals surface area contributed by atoms with Crippen molar-refractivity contribution in [1.82, 2.24) is 15.5 Å². The van der Waals surface area contributed by atoms with E-state index in [1.165, 1.54) is 24.3 Å². The Morgan fingerprint density at radius 3 is 2.46 bits per heavy atom. The van der Waals surface area contributed by atoms with Gasteiger partial charge in [-0.05, 0) is 66.2 Å². The summed E-state index contributed by atoms with van der Waals surface area (Å²) in [6, 6.07) is 19.6. The molecule has 1 aromatic heterocycles. The van der Waals surface area contributed by atoms with Gasteiger partial charge in [-0.25, -0.2) is 4.39 Å². The average molecular weight is 493 g/mol. The van der Waals surface area contributed by atoms with E-state index in [1.807, 2.05) is 24.3 Å². The standard InChI is InChI=1S/C25H21FN4O4S/c1-33-21-4-2-3-16(13-21)14-27-23(31)17-5-9-19(10-6-17)28-24(32)25-30-29-22(35-25)15-34-20-11-7-18(26)8-12-20/h2-13H,14-15H2,1H3,(H,27,31)(H,28,32). The Kier molecular flexibility index (Phi) is 7.63. The number of aromatic nitrogens is 2. The second-order valence-electron chi connectivity index (χ2n) is 7.31. The summed E-state index contributed by atoms with van der Waals surface area (Å²) >= 11 is 1.09. The smallest absolute Gasteiger partial charge is 0.286 e. The van der Waals surface area contributed by atoms with Gasteiger partial charge in [0.2, 0.25) is 5.01 Å². The highest BCUT2D eigenvalue weighted by Gasteiger charge is 2.14. The normalized spacial score (nSPS) is 10.5. The highest BCUT2D eigenvalue weighted by molar-refractivity contribution is 7.13. The van der Waals surface area contributed by atoms with Crippen molar-refractivity contribution in [3.63, 3.8) is 0 Å². The van der Waals surface area contributed by atoms with E-state index in [2.05, 4.69) is 20.8 Å². The lowest BCUT2D eigenvalue weighted by atomic mass is 10.1. The molecule has 3 aromatic carbocycles. The molecule has 0 aliphatic carbocycles. The number of amides is 2. The van der Waals surface area contributed by atoms with Gasteiger partial charge >= 0.3 is 0 Å². The number of nitrogens with one attached hydrogen (secondary N) is 2. The molecule has 0 aliphatic heterocycles. The van der Waals surface area contributed by atoms with Crippen molar-refractivity contribution < 1.29 is 23.5 Å². The summed E-state index contributed by atoms with van der Waals surface area (Å²) in [6.45, 7) is 0.467. The van der Waals surface area contributed by atoms with Crippen LogP contribution in [0.3, 0.4) is 0 Å². The van der Waals surface area contributed by atoms with Crippen LogP contribution in [-0.4, -0.2) is 29.1 Å². The van der Waals surface area contributed by atoms with E-state index in [1.54, 1.807) is 31.4 Å². The third kappa shape index (κ3) is 6.61. The third-order valence-electron chi connectivity index (χ3n) is 4.83. The fraction of sp³-hybridized carbons (Fsp3) is 0.120. The summed E-state index contributed by atoms with van der Waals surface area (Å²) in [6.07, 6.45) is 0. The van der Waals surface area contributed by atoms with Crippen molar-refractivity contribution in [2.75, 3.05) is 12.4 Å². The van der Waals surface area contributed by atoms with Crippen LogP contribution in [-0.2, 0) is 13.2 Å². The van der Waals surface area contributed by atoms with Crippen molar-refractivity contribution in [2.45, 2.75) is 13.2 Å². The fourth-order valence-electron chi connectivity index (χ4n) is 3.04. The van der Waals surface area contributed by atoms with Gasteiger partial charge in [-0.2, -0.15) is 0 Å². The quantitative estimate of drug-likeness (QED) is 0.358. The van der Waals surface area contributed by atoms with Gasteiger partial charge in [0, 0.05) is 17.8 Å². The molecule has 2 N–H and O–H groups in total. The number of nitrogens with zero attached hydrogens (tertiary/aromatic N) is 2. The van der Waals surface area contributed by atoms with Crippen LogP contribution in [0.5, 0.6) is 11.5 Å². The summed E-state index contributed by atoms with van der Waals surface area (Å²) < 4.78 is 23.7. The molecule has 0 unspecified atom stereocenters. The van der Waals surface area contributed by atoms with Crippen molar-refractivity contribution in [1.29, 1.82) is 0 Å². The molecule has 0 aliphatic rings. The zero-order chi connectivity index (χ0) is 24.6. The van der Waals surface area contributed by atoms with Gasteiger partial charge in [-0.1, -0.05) is 23.5 Å². The number of carbonyl (C=O) groups excluding carboxylic acids is 2. The molecule has 0 atom stereocenters. The number of halogens is 1. The Labute approximate surface area is 204 Å². The number of methoxy groups -OCH3 is 1. The molecule has 10 heteroatoms. The van der Waals surface area contributed by atoms with Gasteiger partial charge in [0.25, 0.3) is 11.8 Å². The van der Waals surface area contributed by atoms with Crippen LogP contribution >= 0.6 is 11.3 Å². The molecule has 0 saturated heterocycles. The Hall–Kier alpha value is -4.31. The number of hydrogen-bond donors (Lipinski definition) is 2. The SMILES string of the molecule is COc1cccc(CNC(=O)c2ccc(NC(=O)c3nnc(COc4ccc(F)cc4)s3)cc2)c1. The summed E-state index contributed by atoms with van der Waals surface area (Å²) in [5, 5.41) is 14.1. The molecular weight excluding hydrogens is 471 g/mol. The third-order valence-corrected chi connectivity index (χ3v) is 5.72. The molecule has 1 heterocycles. The minimum atomic E-state index is -0.425. The molecule has 0 radical (unpaired) electrons. The number of ether oxygens (including phenoxy) is 2. The zero-order valence-electron chi connectivity index (χ0n) is 18.7. The fourth-order valence-corrected chi connectivity index (χ4v) is 3.68. The zero-order valence-corrected chi connectivity index (χ0v) is 19.5. The van der Waals surface area contributed by atoms with Crippen LogP contribution in [0.4, 0.5) is 10.1 Å². The van der Waals surface area contributed by atoms with Crippen LogP contribution in [0.25, 0.3) is 0 Å². The molecule has 178 valence electrons. The molecule has 2 amide bonds. The molecular formula is C25H21FN4O4S. The van der Waals surface area contributed by atoms with E-state index in [9.17, 15) is 14.0 Å². The van der Waals surface area contributed by atoms with Gasteiger partial charge in [-0.15, -0.1) is 10.2 Å². The Morgan fingerprint density at radius 1 is 0.943 bits per heavy atom. The average Bonchev–Trinajstić information content (AvgIpc) is 3.37. The van der Waals surface area contributed by atoms with E-state index in [0.29, 0.717) is 28.6 Å². The molecule has 0 bridgehead atoms. The Bertz CT molecular complexity index is 1310. The number of hydrogen-bond acceptors (Lipinski definition) is 7. The van der Waals surface area contributed by atoms with E-state index < -0.39 is 5.91 Å². The van der Waals surface area contributed by atoms with Crippen molar-refractivity contribution >= 4 is 28.8 Å². The first-order valence-electron chi connectivity index (χ1n) is 10.5. The monoisotopic (exact) mass is 492 g/mol. The Balaban J connectivity index is 1.28. The van der Waals surface area contributed by atoms with E-state index in [0.717, 1.165) is 22.6 Å². The maximum absolute atomic E-state index is 13.0. The van der Waals surface area contributed by atoms with Crippen LogP contribution < -0.4 is 20.1 Å². The van der Waals surface area contributed by atoms with Crippen LogP contribution in [0.1, 0.15) is 30.7 Å². The number of anilines is 1. The summed E-state index contributed by atoms with van der Waals surface area (Å²) in [7, 11) is 1.59. The first kappa shape index (κ1) is 23.8. The van der Waals surface area contributed by atoms with Crippen LogP contribution in [0.2, 0.25) is 0 Å². The second-order valence-corrected chi connectivity index (χ2v) is 8.37. The molecule has 0 spiro atoms. The maximum atomic E-state index is 13.0. The minimum Gasteiger partial charge on any atom is -0.497 e. The Morgan fingerprint density at radius 2 is 1.71 bits per heavy atom. The van der Waals surface area contributed by atoms with E-state index >= 15 is 0 Å². The lowest BCUT2D eigenvalue weighted by Gasteiger charge is -2.08. The van der Waals surface area contributed by atoms with Crippen molar-refractivity contribution in [3.8, 4) is 11.5 Å². The number of rotatable bonds is 9. The van der Waals surface area contributed by atoms with Crippen molar-refractivity contribution in [2.24, 2.45) is 0 Å². The van der Waals surface area contributed by atoms with Gasteiger partial charge in [0.05, 0.1) is 7.11 Å². The summed E-state index contributed by atoms with van der Waals surface area (Å²) in [4.78, 5) is 24.9. The number of benzene rings is 3. The molecule has 4 aromatic rings. The lowest BCUT2D eigenvalue weighted by Crippen LogP contribution is -2.22. The van der Waals surface area contributed by atoms with Gasteiger partial charge in [-0.3, -0.25) is 9.59 Å². The largest absolute Gasteiger partial charge is 0.497 e. The minimum absolute atomic E-state index is 0.107. The predicted molar refractivity (Wildman–Crippen MR) is 129 cm³/mol. The van der Waals surface area contributed by atoms with E-state index in [-0.39, 0.29) is 23.3 Å². The maximum Gasteiger partial charge on any atom is 0.286 e. The summed E-state index contributed by atoms with van der Waals surface area (Å²) in [5.74, 6) is 0.195. The van der Waals surface area contributed by atoms with Crippen LogP contribution in [0, 0.1) is 5.82 Å². The lowest BCUT2D eigenvalue weighted by molar-refractivity contribution is 0.0950. The van der Waals surface area contributed by atoms with Crippen molar-refractivity contribution in [3.05, 3.63) is 99.8 Å². The highest BCUT2D eigenvalue weighted by Crippen LogP contribution is 2.18. The number of carbonyl (C=O) groups is 2. The first-order valence-corrected chi connectivity index (χ1v) is 11.3. The first-order chi connectivity index (χ1) is 17.0. The van der Waals surface area contributed by atoms with Crippen LogP contribution in [0.15, 0.2) is 72.8 Å². The molecule has 8 nitrogen and oxygen atoms in total. The van der Waals surface area contributed by atoms with Gasteiger partial charge in [0.15, 0.2) is 5.01 Å². The van der Waals surface area contributed by atoms with Gasteiger partial charge in [0.1, 0.15) is 23.9 Å². The molecule has 0 fully saturated rings. The summed E-state index contributed by atoms with van der Waals surface area (Å²) in [5.41, 5.74) is 1.89. The predicted octanol–water partition coefficient (Wildman–Crippen LogP) is 4.45. The second kappa shape index (κ2) is 11.2. The molecule has 0 saturated carbocycles. The topological polar surface area (TPSA) is 102 Å².